The Morgan fingerprint density at radius 2 is 1.69 bits per heavy atom. The van der Waals surface area contributed by atoms with Crippen molar-refractivity contribution in [1.29, 1.82) is 0 Å². The van der Waals surface area contributed by atoms with E-state index in [0.29, 0.717) is 0 Å². The van der Waals surface area contributed by atoms with E-state index >= 15 is 0 Å². The molecule has 0 amide bonds. The number of hydrogen-bond acceptors (Lipinski definition) is 0. The number of rotatable bonds is 2. The molecular formula is C13H16. The molecule has 0 saturated heterocycles. The second-order valence-corrected chi connectivity index (χ2v) is 3.81. The first-order chi connectivity index (χ1) is 6.45. The zero-order chi connectivity index (χ0) is 8.93. The first kappa shape index (κ1) is 8.55. The van der Waals surface area contributed by atoms with Gasteiger partial charge in [-0.25, -0.2) is 0 Å². The molecule has 1 aliphatic carbocycles. The normalized spacial score (nSPS) is 18.5. The highest BCUT2D eigenvalue weighted by Gasteiger charge is 2.10. The van der Waals surface area contributed by atoms with Crippen LogP contribution >= 0.6 is 0 Å². The predicted molar refractivity (Wildman–Crippen MR) is 57.4 cm³/mol. The smallest absolute Gasteiger partial charge is 0.0230 e. The van der Waals surface area contributed by atoms with Crippen molar-refractivity contribution in [2.24, 2.45) is 5.92 Å². The lowest BCUT2D eigenvalue weighted by Crippen LogP contribution is -1.84. The van der Waals surface area contributed by atoms with Gasteiger partial charge >= 0.3 is 0 Å². The van der Waals surface area contributed by atoms with Gasteiger partial charge in [0.05, 0.1) is 0 Å². The van der Waals surface area contributed by atoms with Gasteiger partial charge in [0.2, 0.25) is 0 Å². The van der Waals surface area contributed by atoms with Crippen molar-refractivity contribution < 1.29 is 0 Å². The fourth-order valence-corrected chi connectivity index (χ4v) is 1.96. The predicted octanol–water partition coefficient (Wildman–Crippen LogP) is 3.89. The third-order valence-corrected chi connectivity index (χ3v) is 2.76. The van der Waals surface area contributed by atoms with E-state index in [1.807, 2.05) is 0 Å². The number of benzene rings is 1. The summed E-state index contributed by atoms with van der Waals surface area (Å²) in [5, 5.41) is 0. The zero-order valence-corrected chi connectivity index (χ0v) is 7.95. The average molecular weight is 172 g/mol. The molecule has 0 atom stereocenters. The van der Waals surface area contributed by atoms with Gasteiger partial charge in [-0.15, -0.1) is 0 Å². The van der Waals surface area contributed by atoms with Gasteiger partial charge in [0, 0.05) is 0 Å². The van der Waals surface area contributed by atoms with Crippen LogP contribution in [0, 0.1) is 5.92 Å². The van der Waals surface area contributed by atoms with Crippen molar-refractivity contribution >= 4 is 6.08 Å². The third kappa shape index (κ3) is 2.45. The summed E-state index contributed by atoms with van der Waals surface area (Å²) in [5.41, 5.74) is 1.33. The van der Waals surface area contributed by atoms with Crippen LogP contribution in [0.15, 0.2) is 36.4 Å². The van der Waals surface area contributed by atoms with Crippen molar-refractivity contribution in [3.63, 3.8) is 0 Å². The van der Waals surface area contributed by atoms with Gasteiger partial charge in [0.15, 0.2) is 0 Å². The Kier molecular flexibility index (Phi) is 2.81. The van der Waals surface area contributed by atoms with Crippen LogP contribution in [0.2, 0.25) is 0 Å². The van der Waals surface area contributed by atoms with Crippen LogP contribution in [0.5, 0.6) is 0 Å². The summed E-state index contributed by atoms with van der Waals surface area (Å²) in [5.74, 6) is 0.847. The minimum Gasteiger partial charge on any atom is -0.0808 e. The van der Waals surface area contributed by atoms with E-state index in [1.54, 1.807) is 0 Å². The second-order valence-electron chi connectivity index (χ2n) is 3.81. The molecular weight excluding hydrogens is 156 g/mol. The molecule has 0 aromatic heterocycles. The molecule has 1 fully saturated rings. The lowest BCUT2D eigenvalue weighted by molar-refractivity contribution is 0.689. The lowest BCUT2D eigenvalue weighted by atomic mass is 10.1. The average Bonchev–Trinajstić information content (AvgIpc) is 2.69. The molecule has 13 heavy (non-hydrogen) atoms. The molecule has 0 spiro atoms. The van der Waals surface area contributed by atoms with E-state index < -0.39 is 0 Å². The van der Waals surface area contributed by atoms with E-state index in [-0.39, 0.29) is 0 Å². The molecule has 1 aromatic rings. The number of allylic oxidation sites excluding steroid dienone is 1. The van der Waals surface area contributed by atoms with E-state index in [9.17, 15) is 0 Å². The molecule has 1 aromatic carbocycles. The van der Waals surface area contributed by atoms with E-state index in [1.165, 1.54) is 31.2 Å². The fraction of sp³-hybridized carbons (Fsp3) is 0.385. The Bertz CT molecular complexity index is 265. The topological polar surface area (TPSA) is 0 Å². The molecule has 0 radical (unpaired) electrons. The first-order valence-corrected chi connectivity index (χ1v) is 5.18. The molecule has 0 aliphatic heterocycles. The Morgan fingerprint density at radius 3 is 2.38 bits per heavy atom. The minimum atomic E-state index is 0.847. The van der Waals surface area contributed by atoms with Crippen LogP contribution < -0.4 is 0 Å². The molecule has 1 aliphatic rings. The maximum Gasteiger partial charge on any atom is -0.0230 e. The fourth-order valence-electron chi connectivity index (χ4n) is 1.96. The Hall–Kier alpha value is -1.04. The standard InChI is InChI=1S/C13H16/c1-2-6-12(7-3-1)10-11-13-8-4-5-9-13/h1-3,6-7,10-11,13H,4-5,8-9H2/b11-10-. The summed E-state index contributed by atoms with van der Waals surface area (Å²) in [6.07, 6.45) is 10.3. The molecule has 0 nitrogen and oxygen atoms in total. The van der Waals surface area contributed by atoms with Crippen LogP contribution in [0.25, 0.3) is 6.08 Å². The molecule has 0 heterocycles. The van der Waals surface area contributed by atoms with E-state index in [2.05, 4.69) is 42.5 Å². The van der Waals surface area contributed by atoms with Crippen molar-refractivity contribution in [3.8, 4) is 0 Å². The van der Waals surface area contributed by atoms with Crippen LogP contribution in [0.1, 0.15) is 31.2 Å². The molecule has 2 rings (SSSR count). The summed E-state index contributed by atoms with van der Waals surface area (Å²) in [7, 11) is 0. The largest absolute Gasteiger partial charge is 0.0808 e. The van der Waals surface area contributed by atoms with Crippen LogP contribution in [-0.2, 0) is 0 Å². The summed E-state index contributed by atoms with van der Waals surface area (Å²) < 4.78 is 0. The second kappa shape index (κ2) is 4.27. The molecule has 0 bridgehead atoms. The molecule has 0 unspecified atom stereocenters. The first-order valence-electron chi connectivity index (χ1n) is 5.18. The molecule has 0 N–H and O–H groups in total. The van der Waals surface area contributed by atoms with Gasteiger partial charge in [-0.3, -0.25) is 0 Å². The van der Waals surface area contributed by atoms with Gasteiger partial charge in [-0.1, -0.05) is 55.3 Å². The highest BCUT2D eigenvalue weighted by Crippen LogP contribution is 2.26. The van der Waals surface area contributed by atoms with Gasteiger partial charge in [0.25, 0.3) is 0 Å². The van der Waals surface area contributed by atoms with Crippen molar-refractivity contribution in [1.82, 2.24) is 0 Å². The molecule has 68 valence electrons. The van der Waals surface area contributed by atoms with Crippen LogP contribution in [0.4, 0.5) is 0 Å². The maximum absolute atomic E-state index is 2.38. The Labute approximate surface area is 80.3 Å². The highest BCUT2D eigenvalue weighted by atomic mass is 14.2. The summed E-state index contributed by atoms with van der Waals surface area (Å²) >= 11 is 0. The SMILES string of the molecule is C(=C/C1CCCC1)/c1ccccc1. The van der Waals surface area contributed by atoms with E-state index in [0.717, 1.165) is 5.92 Å². The lowest BCUT2D eigenvalue weighted by Gasteiger charge is -1.99. The summed E-state index contributed by atoms with van der Waals surface area (Å²) in [6.45, 7) is 0. The third-order valence-electron chi connectivity index (χ3n) is 2.76. The Morgan fingerprint density at radius 1 is 1.00 bits per heavy atom. The quantitative estimate of drug-likeness (QED) is 0.635. The molecule has 1 saturated carbocycles. The van der Waals surface area contributed by atoms with Crippen molar-refractivity contribution in [2.45, 2.75) is 25.7 Å². The number of hydrogen-bond donors (Lipinski definition) is 0. The van der Waals surface area contributed by atoms with Gasteiger partial charge < -0.3 is 0 Å². The van der Waals surface area contributed by atoms with Gasteiger partial charge in [0.1, 0.15) is 0 Å². The maximum atomic E-state index is 2.38. The summed E-state index contributed by atoms with van der Waals surface area (Å²) in [4.78, 5) is 0. The van der Waals surface area contributed by atoms with Gasteiger partial charge in [-0.05, 0) is 24.3 Å². The van der Waals surface area contributed by atoms with Crippen LogP contribution in [-0.4, -0.2) is 0 Å². The van der Waals surface area contributed by atoms with Crippen molar-refractivity contribution in [2.75, 3.05) is 0 Å². The van der Waals surface area contributed by atoms with E-state index in [4.69, 9.17) is 0 Å². The highest BCUT2D eigenvalue weighted by molar-refractivity contribution is 5.48. The van der Waals surface area contributed by atoms with Crippen LogP contribution in [0.3, 0.4) is 0 Å². The van der Waals surface area contributed by atoms with Gasteiger partial charge in [-0.2, -0.15) is 0 Å². The van der Waals surface area contributed by atoms with Crippen molar-refractivity contribution in [3.05, 3.63) is 42.0 Å². The zero-order valence-electron chi connectivity index (χ0n) is 7.95. The summed E-state index contributed by atoms with van der Waals surface area (Å²) in [6, 6.07) is 10.6. The minimum absolute atomic E-state index is 0.847. The monoisotopic (exact) mass is 172 g/mol. The molecule has 0 heteroatoms. The Balaban J connectivity index is 1.97.